The number of benzene rings is 2. The number of carbonyl (C=O) groups is 1. The molecule has 11 heteroatoms. The van der Waals surface area contributed by atoms with Crippen molar-refractivity contribution in [3.8, 4) is 22.5 Å². The van der Waals surface area contributed by atoms with Crippen molar-refractivity contribution in [3.63, 3.8) is 0 Å². The van der Waals surface area contributed by atoms with Gasteiger partial charge in [-0.1, -0.05) is 55.6 Å². The molecule has 1 aliphatic heterocycles. The van der Waals surface area contributed by atoms with Gasteiger partial charge in [-0.15, -0.1) is 0 Å². The third-order valence-corrected chi connectivity index (χ3v) is 9.38. The molecule has 1 fully saturated rings. The number of halogens is 1. The molecule has 1 aliphatic rings. The molecule has 9 nitrogen and oxygen atoms in total. The summed E-state index contributed by atoms with van der Waals surface area (Å²) < 4.78 is 26.8. The van der Waals surface area contributed by atoms with Crippen molar-refractivity contribution in [2.45, 2.75) is 45.2 Å². The Bertz CT molecular complexity index is 1700. The molecule has 5 rings (SSSR count). The quantitative estimate of drug-likeness (QED) is 0.251. The van der Waals surface area contributed by atoms with Crippen LogP contribution in [0, 0.1) is 0 Å². The van der Waals surface area contributed by atoms with Crippen molar-refractivity contribution in [1.29, 1.82) is 0 Å². The molecule has 1 atom stereocenters. The second kappa shape index (κ2) is 12.6. The topological polar surface area (TPSA) is 115 Å². The smallest absolute Gasteiger partial charge is 0.259 e. The summed E-state index contributed by atoms with van der Waals surface area (Å²) in [5.41, 5.74) is 3.45. The highest BCUT2D eigenvalue weighted by Crippen LogP contribution is 2.25. The van der Waals surface area contributed by atoms with E-state index in [1.807, 2.05) is 24.3 Å². The number of unbranched alkanes of at least 4 members (excludes halogenated alkanes) is 2. The Morgan fingerprint density at radius 1 is 1.05 bits per heavy atom. The van der Waals surface area contributed by atoms with Crippen LogP contribution in [0.2, 0.25) is 5.02 Å². The Kier molecular flexibility index (Phi) is 8.91. The van der Waals surface area contributed by atoms with E-state index in [0.29, 0.717) is 48.1 Å². The van der Waals surface area contributed by atoms with Crippen LogP contribution >= 0.6 is 11.6 Å². The van der Waals surface area contributed by atoms with Gasteiger partial charge in [0.05, 0.1) is 22.9 Å². The second-order valence-corrected chi connectivity index (χ2v) is 13.1. The summed E-state index contributed by atoms with van der Waals surface area (Å²) in [6, 6.07) is 16.1. The first-order valence-electron chi connectivity index (χ1n) is 14.0. The summed E-state index contributed by atoms with van der Waals surface area (Å²) in [6.07, 6.45) is 5.41. The number of sulfone groups is 1. The Balaban J connectivity index is 1.35. The van der Waals surface area contributed by atoms with Gasteiger partial charge < -0.3 is 15.2 Å². The summed E-state index contributed by atoms with van der Waals surface area (Å²) >= 11 is 6.06. The molecule has 41 heavy (non-hydrogen) atoms. The van der Waals surface area contributed by atoms with Crippen LogP contribution < -0.4 is 16.2 Å². The zero-order valence-electron chi connectivity index (χ0n) is 23.0. The summed E-state index contributed by atoms with van der Waals surface area (Å²) in [6.45, 7) is 3.73. The molecular weight excluding hydrogens is 562 g/mol. The van der Waals surface area contributed by atoms with Gasteiger partial charge in [-0.25, -0.2) is 13.4 Å². The van der Waals surface area contributed by atoms with Crippen molar-refractivity contribution in [2.24, 2.45) is 0 Å². The van der Waals surface area contributed by atoms with E-state index in [0.717, 1.165) is 36.1 Å². The summed E-state index contributed by atoms with van der Waals surface area (Å²) in [7, 11) is -2.94. The lowest BCUT2D eigenvalue weighted by Crippen LogP contribution is -2.37. The van der Waals surface area contributed by atoms with Crippen molar-refractivity contribution in [3.05, 3.63) is 81.7 Å². The molecule has 1 amide bonds. The summed E-state index contributed by atoms with van der Waals surface area (Å²) in [4.78, 5) is 30.7. The molecule has 216 valence electrons. The number of fused-ring (bicyclic) bond motifs is 1. The van der Waals surface area contributed by atoms with E-state index in [9.17, 15) is 18.0 Å². The lowest BCUT2D eigenvalue weighted by molar-refractivity contribution is 0.0953. The Hall–Kier alpha value is -3.47. The molecular formula is C30H34ClN5O4S. The molecule has 2 aromatic heterocycles. The van der Waals surface area contributed by atoms with Crippen LogP contribution in [-0.4, -0.2) is 58.9 Å². The zero-order chi connectivity index (χ0) is 29.0. The first-order valence-corrected chi connectivity index (χ1v) is 16.2. The number of carbonyl (C=O) groups excluding carboxylic acids is 1. The van der Waals surface area contributed by atoms with Gasteiger partial charge in [-0.2, -0.15) is 0 Å². The lowest BCUT2D eigenvalue weighted by Gasteiger charge is -2.15. The van der Waals surface area contributed by atoms with E-state index in [2.05, 4.69) is 22.1 Å². The second-order valence-electron chi connectivity index (χ2n) is 10.4. The summed E-state index contributed by atoms with van der Waals surface area (Å²) in [5, 5.41) is 6.71. The van der Waals surface area contributed by atoms with Gasteiger partial charge in [0.2, 0.25) is 5.78 Å². The number of rotatable bonds is 11. The number of aromatic nitrogens is 3. The van der Waals surface area contributed by atoms with Crippen LogP contribution in [0.3, 0.4) is 0 Å². The molecule has 0 bridgehead atoms. The largest absolute Gasteiger partial charge is 0.351 e. The van der Waals surface area contributed by atoms with Crippen LogP contribution in [0.4, 0.5) is 0 Å². The van der Waals surface area contributed by atoms with Gasteiger partial charge in [0, 0.05) is 54.1 Å². The minimum atomic E-state index is -2.94. The van der Waals surface area contributed by atoms with Crippen molar-refractivity contribution in [2.75, 3.05) is 24.6 Å². The molecule has 0 radical (unpaired) electrons. The number of nitrogens with one attached hydrogen (secondary N) is 2. The number of hydrogen-bond donors (Lipinski definition) is 2. The van der Waals surface area contributed by atoms with Gasteiger partial charge in [-0.3, -0.25) is 14.0 Å². The third kappa shape index (κ3) is 6.89. The molecule has 3 heterocycles. The molecule has 2 N–H and O–H groups in total. The zero-order valence-corrected chi connectivity index (χ0v) is 24.5. The van der Waals surface area contributed by atoms with E-state index in [1.54, 1.807) is 40.9 Å². The maximum Gasteiger partial charge on any atom is 0.259 e. The molecule has 4 aromatic rings. The average Bonchev–Trinajstić information content (AvgIpc) is 3.56. The maximum absolute atomic E-state index is 13.2. The van der Waals surface area contributed by atoms with E-state index >= 15 is 0 Å². The van der Waals surface area contributed by atoms with Crippen LogP contribution in [0.25, 0.3) is 28.3 Å². The highest BCUT2D eigenvalue weighted by atomic mass is 35.5. The van der Waals surface area contributed by atoms with E-state index in [-0.39, 0.29) is 29.0 Å². The fourth-order valence-corrected chi connectivity index (χ4v) is 6.97. The molecule has 1 saturated heterocycles. The van der Waals surface area contributed by atoms with E-state index in [1.165, 1.54) is 0 Å². The normalized spacial score (nSPS) is 16.3. The number of aryl methyl sites for hydroxylation is 1. The predicted octanol–water partition coefficient (Wildman–Crippen LogP) is 4.18. The fourth-order valence-electron chi connectivity index (χ4n) is 5.14. The minimum Gasteiger partial charge on any atom is -0.351 e. The van der Waals surface area contributed by atoms with Crippen molar-refractivity contribution < 1.29 is 13.2 Å². The van der Waals surface area contributed by atoms with Crippen LogP contribution in [0.15, 0.2) is 65.6 Å². The van der Waals surface area contributed by atoms with E-state index < -0.39 is 9.84 Å². The van der Waals surface area contributed by atoms with Gasteiger partial charge in [0.1, 0.15) is 0 Å². The summed E-state index contributed by atoms with van der Waals surface area (Å²) in [5.74, 6) is 0.721. The Morgan fingerprint density at radius 3 is 2.46 bits per heavy atom. The molecule has 1 unspecified atom stereocenters. The molecule has 0 aliphatic carbocycles. The number of imidazole rings is 1. The molecule has 0 saturated carbocycles. The van der Waals surface area contributed by atoms with Crippen LogP contribution in [0.5, 0.6) is 0 Å². The molecule has 2 aromatic carbocycles. The predicted molar refractivity (Wildman–Crippen MR) is 162 cm³/mol. The van der Waals surface area contributed by atoms with Gasteiger partial charge in [-0.05, 0) is 42.7 Å². The number of hydrogen-bond acceptors (Lipinski definition) is 6. The van der Waals surface area contributed by atoms with E-state index in [4.69, 9.17) is 16.6 Å². The van der Waals surface area contributed by atoms with Gasteiger partial charge >= 0.3 is 0 Å². The first kappa shape index (κ1) is 29.0. The highest BCUT2D eigenvalue weighted by Gasteiger charge is 2.27. The number of nitrogens with zero attached hydrogens (tertiary/aromatic N) is 3. The number of amides is 1. The van der Waals surface area contributed by atoms with Crippen LogP contribution in [0.1, 0.15) is 43.0 Å². The Labute approximate surface area is 244 Å². The maximum atomic E-state index is 13.2. The third-order valence-electron chi connectivity index (χ3n) is 7.36. The fraction of sp³-hybridized carbons (Fsp3) is 0.367. The van der Waals surface area contributed by atoms with Crippen molar-refractivity contribution >= 4 is 33.1 Å². The standard InChI is InChI=1S/C30H34ClN5O4S/c1-2-3-4-16-35-27(18-28(37)36-19-26(34-30(35)36)21-9-11-24(31)12-10-21)22-5-7-23(8-6-22)29(38)33-15-14-32-25-13-17-41(39,40)20-25/h5-12,18-19,25,32H,2-4,13-17,20H2,1H3,(H,33,38). The monoisotopic (exact) mass is 595 g/mol. The van der Waals surface area contributed by atoms with Gasteiger partial charge in [0.15, 0.2) is 9.84 Å². The van der Waals surface area contributed by atoms with Crippen molar-refractivity contribution in [1.82, 2.24) is 24.6 Å². The SMILES string of the molecule is CCCCCn1c(-c2ccc(C(=O)NCCNC3CCS(=O)(=O)C3)cc2)cc(=O)n2cc(-c3ccc(Cl)cc3)nc12. The first-order chi connectivity index (χ1) is 19.7. The molecule has 0 spiro atoms. The highest BCUT2D eigenvalue weighted by molar-refractivity contribution is 7.91. The van der Waals surface area contributed by atoms with Gasteiger partial charge in [0.25, 0.3) is 11.5 Å². The van der Waals surface area contributed by atoms with Crippen LogP contribution in [-0.2, 0) is 16.4 Å². The minimum absolute atomic E-state index is 0.0548. The Morgan fingerprint density at radius 2 is 1.78 bits per heavy atom. The average molecular weight is 596 g/mol. The lowest BCUT2D eigenvalue weighted by atomic mass is 10.1.